The van der Waals surface area contributed by atoms with Crippen LogP contribution in [0.4, 0.5) is 5.69 Å². The number of imidazole rings is 1. The van der Waals surface area contributed by atoms with Crippen LogP contribution in [0.5, 0.6) is 0 Å². The number of amides is 1. The van der Waals surface area contributed by atoms with Crippen LogP contribution >= 0.6 is 0 Å². The van der Waals surface area contributed by atoms with Crippen molar-refractivity contribution in [1.82, 2.24) is 19.4 Å². The Morgan fingerprint density at radius 1 is 1.12 bits per heavy atom. The van der Waals surface area contributed by atoms with Crippen LogP contribution in [0.15, 0.2) is 30.5 Å². The van der Waals surface area contributed by atoms with Gasteiger partial charge in [0.2, 0.25) is 0 Å². The Hall–Kier alpha value is -2.34. The van der Waals surface area contributed by atoms with Gasteiger partial charge in [0.15, 0.2) is 0 Å². The second-order valence-corrected chi connectivity index (χ2v) is 7.22. The summed E-state index contributed by atoms with van der Waals surface area (Å²) in [6.45, 7) is 11.3. The summed E-state index contributed by atoms with van der Waals surface area (Å²) < 4.78 is 2.14. The van der Waals surface area contributed by atoms with E-state index in [1.54, 1.807) is 0 Å². The van der Waals surface area contributed by atoms with Crippen LogP contribution in [0.1, 0.15) is 28.8 Å². The maximum absolute atomic E-state index is 12.9. The zero-order valence-electron chi connectivity index (χ0n) is 15.7. The number of carbonyl (C=O) groups is 1. The molecule has 26 heavy (non-hydrogen) atoms. The number of aryl methyl sites for hydroxylation is 1. The molecule has 0 unspecified atom stereocenters. The van der Waals surface area contributed by atoms with E-state index >= 15 is 0 Å². The predicted octanol–water partition coefficient (Wildman–Crippen LogP) is 1.99. The van der Waals surface area contributed by atoms with E-state index < -0.39 is 0 Å². The van der Waals surface area contributed by atoms with Crippen molar-refractivity contribution >= 4 is 11.6 Å². The first-order valence-corrected chi connectivity index (χ1v) is 9.53. The van der Waals surface area contributed by atoms with Gasteiger partial charge in [0, 0.05) is 51.2 Å². The van der Waals surface area contributed by atoms with Gasteiger partial charge in [-0.25, -0.2) is 4.98 Å². The number of hydrogen-bond acceptors (Lipinski definition) is 4. The Labute approximate surface area is 155 Å². The molecule has 0 radical (unpaired) electrons. The molecule has 138 valence electrons. The third-order valence-electron chi connectivity index (χ3n) is 5.48. The van der Waals surface area contributed by atoms with Gasteiger partial charge >= 0.3 is 0 Å². The highest BCUT2D eigenvalue weighted by Crippen LogP contribution is 2.19. The van der Waals surface area contributed by atoms with Crippen molar-refractivity contribution in [2.24, 2.45) is 0 Å². The van der Waals surface area contributed by atoms with Crippen LogP contribution in [-0.4, -0.2) is 64.5 Å². The van der Waals surface area contributed by atoms with E-state index in [0.29, 0.717) is 5.69 Å². The van der Waals surface area contributed by atoms with E-state index in [1.807, 2.05) is 11.1 Å². The molecular formula is C20H27N5O. The Balaban J connectivity index is 1.40. The number of nitrogens with zero attached hydrogens (tertiary/aromatic N) is 5. The molecule has 1 amide bonds. The lowest BCUT2D eigenvalue weighted by atomic mass is 10.2. The number of benzene rings is 1. The summed E-state index contributed by atoms with van der Waals surface area (Å²) in [5, 5.41) is 0. The van der Waals surface area contributed by atoms with Crippen molar-refractivity contribution in [3.63, 3.8) is 0 Å². The number of hydrogen-bond donors (Lipinski definition) is 0. The van der Waals surface area contributed by atoms with Gasteiger partial charge in [0.1, 0.15) is 11.5 Å². The van der Waals surface area contributed by atoms with Crippen molar-refractivity contribution in [2.45, 2.75) is 26.9 Å². The monoisotopic (exact) mass is 353 g/mol. The fourth-order valence-corrected chi connectivity index (χ4v) is 3.83. The topological polar surface area (TPSA) is 44.6 Å². The summed E-state index contributed by atoms with van der Waals surface area (Å²) in [5.74, 6) is 1.08. The van der Waals surface area contributed by atoms with Crippen molar-refractivity contribution in [2.75, 3.05) is 44.2 Å². The smallest absolute Gasteiger partial charge is 0.274 e. The number of fused-ring (bicyclic) bond motifs is 1. The Kier molecular flexibility index (Phi) is 4.68. The van der Waals surface area contributed by atoms with Gasteiger partial charge in [0.05, 0.1) is 6.54 Å². The summed E-state index contributed by atoms with van der Waals surface area (Å²) in [6, 6.07) is 8.56. The molecule has 2 aromatic rings. The molecule has 0 spiro atoms. The number of carbonyl (C=O) groups excluding carboxylic acids is 1. The molecule has 2 aliphatic heterocycles. The summed E-state index contributed by atoms with van der Waals surface area (Å²) in [4.78, 5) is 24.2. The van der Waals surface area contributed by atoms with E-state index in [1.165, 1.54) is 11.3 Å². The van der Waals surface area contributed by atoms with E-state index in [-0.39, 0.29) is 5.91 Å². The van der Waals surface area contributed by atoms with Crippen LogP contribution in [0.25, 0.3) is 0 Å². The van der Waals surface area contributed by atoms with Gasteiger partial charge in [-0.2, -0.15) is 0 Å². The van der Waals surface area contributed by atoms with Crippen molar-refractivity contribution < 1.29 is 4.79 Å². The quantitative estimate of drug-likeness (QED) is 0.847. The first-order valence-electron chi connectivity index (χ1n) is 9.53. The minimum Gasteiger partial charge on any atom is -0.368 e. The fourth-order valence-electron chi connectivity index (χ4n) is 3.83. The lowest BCUT2D eigenvalue weighted by molar-refractivity contribution is 0.0741. The van der Waals surface area contributed by atoms with Gasteiger partial charge in [-0.05, 0) is 31.2 Å². The van der Waals surface area contributed by atoms with E-state index in [0.717, 1.165) is 58.2 Å². The van der Waals surface area contributed by atoms with Gasteiger partial charge in [-0.15, -0.1) is 0 Å². The second-order valence-electron chi connectivity index (χ2n) is 7.22. The Morgan fingerprint density at radius 3 is 2.65 bits per heavy atom. The molecule has 4 rings (SSSR count). The highest BCUT2D eigenvalue weighted by molar-refractivity contribution is 5.92. The molecule has 1 fully saturated rings. The lowest BCUT2D eigenvalue weighted by Crippen LogP contribution is -2.48. The standard InChI is InChI=1S/C20H27N5O/c1-3-22-7-8-25-14-18(21-19(25)15-22)20(26)24-11-9-23(10-12-24)17-6-4-5-16(2)13-17/h4-6,13-14H,3,7-12,15H2,1-2H3. The minimum absolute atomic E-state index is 0.0684. The molecule has 3 heterocycles. The zero-order chi connectivity index (χ0) is 18.1. The van der Waals surface area contributed by atoms with E-state index in [9.17, 15) is 4.79 Å². The average molecular weight is 353 g/mol. The fraction of sp³-hybridized carbons (Fsp3) is 0.500. The second kappa shape index (κ2) is 7.11. The van der Waals surface area contributed by atoms with Gasteiger partial charge in [0.25, 0.3) is 5.91 Å². The number of anilines is 1. The van der Waals surface area contributed by atoms with Crippen molar-refractivity contribution in [3.8, 4) is 0 Å². The Morgan fingerprint density at radius 2 is 1.92 bits per heavy atom. The summed E-state index contributed by atoms with van der Waals surface area (Å²) >= 11 is 0. The third-order valence-corrected chi connectivity index (χ3v) is 5.48. The highest BCUT2D eigenvalue weighted by atomic mass is 16.2. The molecular weight excluding hydrogens is 326 g/mol. The normalized spacial score (nSPS) is 18.1. The van der Waals surface area contributed by atoms with Crippen molar-refractivity contribution in [3.05, 3.63) is 47.5 Å². The SMILES string of the molecule is CCN1CCn2cc(C(=O)N3CCN(c4cccc(C)c4)CC3)nc2C1. The molecule has 0 aliphatic carbocycles. The number of rotatable bonds is 3. The molecule has 0 saturated carbocycles. The summed E-state index contributed by atoms with van der Waals surface area (Å²) in [7, 11) is 0. The zero-order valence-corrected chi connectivity index (χ0v) is 15.7. The maximum atomic E-state index is 12.9. The van der Waals surface area contributed by atoms with Gasteiger partial charge in [-0.3, -0.25) is 9.69 Å². The highest BCUT2D eigenvalue weighted by Gasteiger charge is 2.26. The first kappa shape index (κ1) is 17.1. The van der Waals surface area contributed by atoms with Crippen LogP contribution in [0, 0.1) is 6.92 Å². The van der Waals surface area contributed by atoms with Crippen LogP contribution < -0.4 is 4.90 Å². The molecule has 6 nitrogen and oxygen atoms in total. The summed E-state index contributed by atoms with van der Waals surface area (Å²) in [5.41, 5.74) is 3.11. The van der Waals surface area contributed by atoms with E-state index in [4.69, 9.17) is 0 Å². The molecule has 1 saturated heterocycles. The largest absolute Gasteiger partial charge is 0.368 e. The molecule has 6 heteroatoms. The first-order chi connectivity index (χ1) is 12.6. The third kappa shape index (κ3) is 3.33. The van der Waals surface area contributed by atoms with E-state index in [2.05, 4.69) is 57.5 Å². The summed E-state index contributed by atoms with van der Waals surface area (Å²) in [6.07, 6.45) is 1.94. The number of likely N-dealkylation sites (N-methyl/N-ethyl adjacent to an activating group) is 1. The van der Waals surface area contributed by atoms with Gasteiger partial charge < -0.3 is 14.4 Å². The van der Waals surface area contributed by atoms with Crippen LogP contribution in [-0.2, 0) is 13.1 Å². The Bertz CT molecular complexity index is 791. The molecule has 0 bridgehead atoms. The maximum Gasteiger partial charge on any atom is 0.274 e. The van der Waals surface area contributed by atoms with Crippen molar-refractivity contribution in [1.29, 1.82) is 0 Å². The molecule has 2 aliphatic rings. The molecule has 1 aromatic carbocycles. The van der Waals surface area contributed by atoms with Gasteiger partial charge in [-0.1, -0.05) is 19.1 Å². The predicted molar refractivity (Wildman–Crippen MR) is 102 cm³/mol. The number of aromatic nitrogens is 2. The van der Waals surface area contributed by atoms with Crippen LogP contribution in [0.3, 0.4) is 0 Å². The molecule has 1 aromatic heterocycles. The molecule has 0 N–H and O–H groups in total. The minimum atomic E-state index is 0.0684. The van der Waals surface area contributed by atoms with Crippen LogP contribution in [0.2, 0.25) is 0 Å². The molecule has 0 atom stereocenters. The average Bonchev–Trinajstić information content (AvgIpc) is 3.10. The lowest BCUT2D eigenvalue weighted by Gasteiger charge is -2.36. The number of piperazine rings is 1.